The monoisotopic (exact) mass is 154 g/mol. The maximum Gasteiger partial charge on any atom is -0.0355 e. The van der Waals surface area contributed by atoms with E-state index >= 15 is 0 Å². The molecule has 0 aliphatic heterocycles. The Hall–Kier alpha value is 0. The van der Waals surface area contributed by atoms with Crippen molar-refractivity contribution in [2.75, 3.05) is 0 Å². The molecule has 66 valence electrons. The van der Waals surface area contributed by atoms with Crippen molar-refractivity contribution in [1.82, 2.24) is 0 Å². The van der Waals surface area contributed by atoms with Crippen LogP contribution in [-0.4, -0.2) is 0 Å². The first-order valence-electron chi connectivity index (χ1n) is 5.20. The highest BCUT2D eigenvalue weighted by Crippen LogP contribution is 2.46. The van der Waals surface area contributed by atoms with E-state index in [0.29, 0.717) is 0 Å². The largest absolute Gasteiger partial charge is 0.0651 e. The second-order valence-corrected chi connectivity index (χ2v) is 4.33. The molecule has 4 unspecified atom stereocenters. The first kappa shape index (κ1) is 9.09. The molecule has 0 aromatic rings. The van der Waals surface area contributed by atoms with Gasteiger partial charge in [0.05, 0.1) is 0 Å². The minimum absolute atomic E-state index is 0.969. The van der Waals surface area contributed by atoms with Crippen molar-refractivity contribution in [1.29, 1.82) is 0 Å². The van der Waals surface area contributed by atoms with Crippen molar-refractivity contribution in [2.45, 2.75) is 47.0 Å². The lowest BCUT2D eigenvalue weighted by molar-refractivity contribution is 0.0361. The summed E-state index contributed by atoms with van der Waals surface area (Å²) in [4.78, 5) is 0. The number of rotatable bonds is 3. The molecule has 0 nitrogen and oxygen atoms in total. The quantitative estimate of drug-likeness (QED) is 0.581. The van der Waals surface area contributed by atoms with Crippen LogP contribution in [0.15, 0.2) is 0 Å². The van der Waals surface area contributed by atoms with Gasteiger partial charge in [0.2, 0.25) is 0 Å². The van der Waals surface area contributed by atoms with Crippen LogP contribution in [-0.2, 0) is 0 Å². The molecule has 1 rings (SSSR count). The smallest absolute Gasteiger partial charge is 0.0355 e. The molecule has 0 amide bonds. The third-order valence-electron chi connectivity index (χ3n) is 3.77. The van der Waals surface area contributed by atoms with Gasteiger partial charge >= 0.3 is 0 Å². The zero-order valence-electron chi connectivity index (χ0n) is 8.43. The summed E-state index contributed by atoms with van der Waals surface area (Å²) in [6.07, 6.45) is 4.26. The van der Waals surface area contributed by atoms with Gasteiger partial charge in [-0.1, -0.05) is 40.5 Å². The zero-order valence-corrected chi connectivity index (χ0v) is 8.43. The summed E-state index contributed by atoms with van der Waals surface area (Å²) in [5.74, 6) is 4.08. The van der Waals surface area contributed by atoms with Crippen LogP contribution < -0.4 is 0 Å². The molecule has 0 N–H and O–H groups in total. The van der Waals surface area contributed by atoms with E-state index < -0.39 is 0 Å². The molecule has 0 aromatic heterocycles. The van der Waals surface area contributed by atoms with Crippen LogP contribution in [0.3, 0.4) is 0 Å². The molecule has 4 atom stereocenters. The Kier molecular flexibility index (Phi) is 2.98. The summed E-state index contributed by atoms with van der Waals surface area (Å²) >= 11 is 0. The third kappa shape index (κ3) is 1.60. The molecule has 0 heteroatoms. The Labute approximate surface area is 71.4 Å². The zero-order chi connectivity index (χ0) is 8.43. The number of hydrogen-bond donors (Lipinski definition) is 0. The molecule has 0 bridgehead atoms. The highest BCUT2D eigenvalue weighted by atomic mass is 14.4. The van der Waals surface area contributed by atoms with Gasteiger partial charge in [-0.2, -0.15) is 0 Å². The lowest BCUT2D eigenvalue weighted by atomic mass is 9.60. The van der Waals surface area contributed by atoms with Gasteiger partial charge in [-0.25, -0.2) is 0 Å². The Bertz CT molecular complexity index is 117. The van der Waals surface area contributed by atoms with Crippen LogP contribution in [0.25, 0.3) is 0 Å². The topological polar surface area (TPSA) is 0 Å². The minimum Gasteiger partial charge on any atom is -0.0651 e. The van der Waals surface area contributed by atoms with E-state index in [1.165, 1.54) is 19.3 Å². The lowest BCUT2D eigenvalue weighted by Gasteiger charge is -2.46. The third-order valence-corrected chi connectivity index (χ3v) is 3.77. The minimum atomic E-state index is 0.969. The molecule has 0 radical (unpaired) electrons. The van der Waals surface area contributed by atoms with Crippen LogP contribution in [0.2, 0.25) is 0 Å². The summed E-state index contributed by atoms with van der Waals surface area (Å²) in [6.45, 7) is 9.49. The van der Waals surface area contributed by atoms with Crippen molar-refractivity contribution in [3.8, 4) is 0 Å². The van der Waals surface area contributed by atoms with Crippen molar-refractivity contribution in [2.24, 2.45) is 23.7 Å². The molecule has 1 aliphatic rings. The molecule has 0 saturated heterocycles. The maximum absolute atomic E-state index is 2.42. The molecular formula is C11H22. The van der Waals surface area contributed by atoms with Crippen molar-refractivity contribution in [3.63, 3.8) is 0 Å². The van der Waals surface area contributed by atoms with E-state index in [1.807, 2.05) is 0 Å². The summed E-state index contributed by atoms with van der Waals surface area (Å²) < 4.78 is 0. The average molecular weight is 154 g/mol. The van der Waals surface area contributed by atoms with Crippen LogP contribution in [0.5, 0.6) is 0 Å². The first-order chi connectivity index (χ1) is 5.20. The van der Waals surface area contributed by atoms with E-state index in [4.69, 9.17) is 0 Å². The molecule has 0 spiro atoms. The summed E-state index contributed by atoms with van der Waals surface area (Å²) in [5.41, 5.74) is 0. The molecule has 0 aromatic carbocycles. The second kappa shape index (κ2) is 3.60. The van der Waals surface area contributed by atoms with E-state index in [9.17, 15) is 0 Å². The molecule has 1 fully saturated rings. The standard InChI is InChI=1S/C11H22/c1-5-8(3)11-7-9(4)10(11)6-2/h8-11H,5-7H2,1-4H3. The SMILES string of the molecule is CCC(C)C1CC(C)C1CC. The van der Waals surface area contributed by atoms with Gasteiger partial charge in [-0.05, 0) is 30.1 Å². The van der Waals surface area contributed by atoms with Crippen LogP contribution in [0.4, 0.5) is 0 Å². The van der Waals surface area contributed by atoms with Gasteiger partial charge in [-0.15, -0.1) is 0 Å². The van der Waals surface area contributed by atoms with Crippen molar-refractivity contribution < 1.29 is 0 Å². The van der Waals surface area contributed by atoms with E-state index in [2.05, 4.69) is 27.7 Å². The van der Waals surface area contributed by atoms with Gasteiger partial charge < -0.3 is 0 Å². The Morgan fingerprint density at radius 3 is 2.36 bits per heavy atom. The van der Waals surface area contributed by atoms with E-state index in [1.54, 1.807) is 0 Å². The Morgan fingerprint density at radius 1 is 1.36 bits per heavy atom. The molecule has 0 heterocycles. The van der Waals surface area contributed by atoms with Gasteiger partial charge in [-0.3, -0.25) is 0 Å². The van der Waals surface area contributed by atoms with Crippen molar-refractivity contribution >= 4 is 0 Å². The predicted molar refractivity (Wildman–Crippen MR) is 50.5 cm³/mol. The maximum atomic E-state index is 2.42. The normalized spacial score (nSPS) is 39.8. The molecule has 1 saturated carbocycles. The fraction of sp³-hybridized carbons (Fsp3) is 1.00. The Balaban J connectivity index is 2.37. The second-order valence-electron chi connectivity index (χ2n) is 4.33. The van der Waals surface area contributed by atoms with Gasteiger partial charge in [0.1, 0.15) is 0 Å². The predicted octanol–water partition coefficient (Wildman–Crippen LogP) is 3.71. The summed E-state index contributed by atoms with van der Waals surface area (Å²) in [5, 5.41) is 0. The molecule has 1 aliphatic carbocycles. The Morgan fingerprint density at radius 2 is 2.00 bits per heavy atom. The van der Waals surface area contributed by atoms with Gasteiger partial charge in [0.25, 0.3) is 0 Å². The van der Waals surface area contributed by atoms with Crippen LogP contribution >= 0.6 is 0 Å². The van der Waals surface area contributed by atoms with Crippen LogP contribution in [0, 0.1) is 23.7 Å². The highest BCUT2D eigenvalue weighted by Gasteiger charge is 2.38. The first-order valence-corrected chi connectivity index (χ1v) is 5.20. The van der Waals surface area contributed by atoms with Gasteiger partial charge in [0.15, 0.2) is 0 Å². The fourth-order valence-corrected chi connectivity index (χ4v) is 2.67. The molecule has 11 heavy (non-hydrogen) atoms. The van der Waals surface area contributed by atoms with E-state index in [-0.39, 0.29) is 0 Å². The highest BCUT2D eigenvalue weighted by molar-refractivity contribution is 4.88. The lowest BCUT2D eigenvalue weighted by Crippen LogP contribution is -2.38. The van der Waals surface area contributed by atoms with E-state index in [0.717, 1.165) is 23.7 Å². The van der Waals surface area contributed by atoms with Crippen LogP contribution in [0.1, 0.15) is 47.0 Å². The fourth-order valence-electron chi connectivity index (χ4n) is 2.67. The summed E-state index contributed by atoms with van der Waals surface area (Å²) in [6, 6.07) is 0. The van der Waals surface area contributed by atoms with Gasteiger partial charge in [0, 0.05) is 0 Å². The average Bonchev–Trinajstić information content (AvgIpc) is 1.99. The number of hydrogen-bond acceptors (Lipinski definition) is 0. The summed E-state index contributed by atoms with van der Waals surface area (Å²) in [7, 11) is 0. The molecular weight excluding hydrogens is 132 g/mol. The van der Waals surface area contributed by atoms with Crippen molar-refractivity contribution in [3.05, 3.63) is 0 Å².